The van der Waals surface area contributed by atoms with Crippen molar-refractivity contribution in [3.8, 4) is 5.75 Å². The van der Waals surface area contributed by atoms with E-state index in [1.807, 2.05) is 12.1 Å². The van der Waals surface area contributed by atoms with Gasteiger partial charge >= 0.3 is 0 Å². The van der Waals surface area contributed by atoms with Crippen LogP contribution in [0.15, 0.2) is 42.7 Å². The second-order valence-electron chi connectivity index (χ2n) is 8.77. The number of rotatable bonds is 4. The normalized spacial score (nSPS) is 22.5. The maximum absolute atomic E-state index is 13.2. The second-order valence-corrected chi connectivity index (χ2v) is 8.77. The van der Waals surface area contributed by atoms with Gasteiger partial charge in [-0.05, 0) is 42.7 Å². The van der Waals surface area contributed by atoms with E-state index in [1.54, 1.807) is 49.7 Å². The van der Waals surface area contributed by atoms with Crippen LogP contribution in [0.1, 0.15) is 36.7 Å². The number of nitrogens with zero attached hydrogens (tertiary/aromatic N) is 3. The molecule has 0 spiro atoms. The number of ether oxygens (including phenoxy) is 2. The van der Waals surface area contributed by atoms with Gasteiger partial charge in [-0.2, -0.15) is 0 Å². The minimum absolute atomic E-state index is 0.0719. The molecule has 0 saturated heterocycles. The van der Waals surface area contributed by atoms with Crippen LogP contribution >= 0.6 is 0 Å². The molecule has 0 unspecified atom stereocenters. The fraction of sp³-hybridized carbons (Fsp3) is 0.480. The van der Waals surface area contributed by atoms with Crippen LogP contribution in [0, 0.1) is 5.92 Å². The van der Waals surface area contributed by atoms with Gasteiger partial charge in [-0.25, -0.2) is 0 Å². The van der Waals surface area contributed by atoms with Crippen molar-refractivity contribution in [1.29, 1.82) is 0 Å². The van der Waals surface area contributed by atoms with Crippen molar-refractivity contribution in [1.82, 2.24) is 14.8 Å². The van der Waals surface area contributed by atoms with Crippen LogP contribution < -0.4 is 10.1 Å². The van der Waals surface area contributed by atoms with E-state index < -0.39 is 0 Å². The summed E-state index contributed by atoms with van der Waals surface area (Å²) in [6.07, 6.45) is 3.48. The van der Waals surface area contributed by atoms with Gasteiger partial charge in [0.25, 0.3) is 5.91 Å². The zero-order valence-corrected chi connectivity index (χ0v) is 20.1. The number of amides is 2. The van der Waals surface area contributed by atoms with E-state index in [2.05, 4.69) is 29.0 Å². The first-order chi connectivity index (χ1) is 15.8. The molecule has 178 valence electrons. The van der Waals surface area contributed by atoms with Crippen molar-refractivity contribution < 1.29 is 19.1 Å². The molecule has 1 aromatic heterocycles. The largest absolute Gasteiger partial charge is 0.491 e. The SMILES string of the molecule is CO[C@H]1CN(C)C(=O)c2ccc(NC(C)=O)cc2OC[C@H](C)N(Cc2ccncc2)C[C@@H]1C. The smallest absolute Gasteiger partial charge is 0.257 e. The molecular weight excluding hydrogens is 420 g/mol. The highest BCUT2D eigenvalue weighted by atomic mass is 16.5. The lowest BCUT2D eigenvalue weighted by Gasteiger charge is -2.36. The van der Waals surface area contributed by atoms with E-state index in [9.17, 15) is 9.59 Å². The lowest BCUT2D eigenvalue weighted by atomic mass is 10.0. The van der Waals surface area contributed by atoms with Gasteiger partial charge in [0.15, 0.2) is 0 Å². The number of anilines is 1. The topological polar surface area (TPSA) is 84.0 Å². The molecule has 8 nitrogen and oxygen atoms in total. The van der Waals surface area contributed by atoms with Crippen molar-refractivity contribution in [2.24, 2.45) is 5.92 Å². The van der Waals surface area contributed by atoms with Crippen molar-refractivity contribution in [3.05, 3.63) is 53.9 Å². The average Bonchev–Trinajstić information content (AvgIpc) is 2.79. The standard InChI is InChI=1S/C25H34N4O4/c1-17-13-29(14-20-8-10-26-11-9-20)18(2)16-33-23-12-21(27-19(3)30)6-7-22(23)25(31)28(4)15-24(17)32-5/h6-12,17-18,24H,13-16H2,1-5H3,(H,27,30)/t17-,18-,24-/m0/s1. The third kappa shape index (κ3) is 6.52. The molecule has 1 aliphatic rings. The molecule has 0 saturated carbocycles. The number of methoxy groups -OCH3 is 1. The molecule has 2 amide bonds. The number of nitrogens with one attached hydrogen (secondary N) is 1. The third-order valence-electron chi connectivity index (χ3n) is 6.03. The van der Waals surface area contributed by atoms with Crippen molar-refractivity contribution in [3.63, 3.8) is 0 Å². The Balaban J connectivity index is 1.94. The fourth-order valence-electron chi connectivity index (χ4n) is 4.07. The van der Waals surface area contributed by atoms with E-state index in [4.69, 9.17) is 9.47 Å². The number of likely N-dealkylation sites (N-methyl/N-ethyl adjacent to an activating group) is 1. The highest BCUT2D eigenvalue weighted by Gasteiger charge is 2.28. The minimum atomic E-state index is -0.180. The van der Waals surface area contributed by atoms with Gasteiger partial charge in [-0.15, -0.1) is 0 Å². The summed E-state index contributed by atoms with van der Waals surface area (Å²) in [4.78, 5) is 32.9. The second kappa shape index (κ2) is 11.2. The summed E-state index contributed by atoms with van der Waals surface area (Å²) in [5.41, 5.74) is 2.22. The van der Waals surface area contributed by atoms with Gasteiger partial charge in [0.1, 0.15) is 12.4 Å². The van der Waals surface area contributed by atoms with Gasteiger partial charge in [0.2, 0.25) is 5.91 Å². The van der Waals surface area contributed by atoms with Crippen molar-refractivity contribution >= 4 is 17.5 Å². The molecule has 3 atom stereocenters. The Labute approximate surface area is 195 Å². The van der Waals surface area contributed by atoms with E-state index in [0.29, 0.717) is 30.2 Å². The van der Waals surface area contributed by atoms with Crippen molar-refractivity contribution in [2.75, 3.05) is 39.2 Å². The van der Waals surface area contributed by atoms with Gasteiger partial charge < -0.3 is 19.7 Å². The molecule has 2 aromatic rings. The first kappa shape index (κ1) is 24.7. The Hall–Kier alpha value is -2.97. The highest BCUT2D eigenvalue weighted by molar-refractivity contribution is 5.98. The van der Waals surface area contributed by atoms with Gasteiger partial charge in [0, 0.05) is 70.9 Å². The van der Waals surface area contributed by atoms with Crippen LogP contribution in [0.3, 0.4) is 0 Å². The maximum atomic E-state index is 13.2. The third-order valence-corrected chi connectivity index (χ3v) is 6.03. The molecule has 0 radical (unpaired) electrons. The summed E-state index contributed by atoms with van der Waals surface area (Å²) in [7, 11) is 3.47. The lowest BCUT2D eigenvalue weighted by molar-refractivity contribution is -0.114. The number of fused-ring (bicyclic) bond motifs is 1. The van der Waals surface area contributed by atoms with Gasteiger partial charge in [-0.3, -0.25) is 19.5 Å². The number of hydrogen-bond donors (Lipinski definition) is 1. The molecule has 0 bridgehead atoms. The molecule has 3 rings (SSSR count). The molecular formula is C25H34N4O4. The molecule has 1 aromatic carbocycles. The molecule has 1 aliphatic heterocycles. The Morgan fingerprint density at radius 1 is 1.21 bits per heavy atom. The fourth-order valence-corrected chi connectivity index (χ4v) is 4.07. The minimum Gasteiger partial charge on any atom is -0.491 e. The number of benzene rings is 1. The summed E-state index contributed by atoms with van der Waals surface area (Å²) < 4.78 is 12.0. The van der Waals surface area contributed by atoms with Crippen molar-refractivity contribution in [2.45, 2.75) is 39.5 Å². The number of carbonyl (C=O) groups excluding carboxylic acids is 2. The maximum Gasteiger partial charge on any atom is 0.257 e. The number of hydrogen-bond acceptors (Lipinski definition) is 6. The summed E-state index contributed by atoms with van der Waals surface area (Å²) in [6.45, 7) is 8.10. The van der Waals surface area contributed by atoms with E-state index in [-0.39, 0.29) is 29.9 Å². The monoisotopic (exact) mass is 454 g/mol. The Kier molecular flexibility index (Phi) is 8.41. The van der Waals surface area contributed by atoms with Crippen LogP contribution in [0.25, 0.3) is 0 Å². The lowest BCUT2D eigenvalue weighted by Crippen LogP contribution is -2.46. The summed E-state index contributed by atoms with van der Waals surface area (Å²) >= 11 is 0. The zero-order valence-electron chi connectivity index (χ0n) is 20.1. The predicted octanol–water partition coefficient (Wildman–Crippen LogP) is 3.05. The average molecular weight is 455 g/mol. The van der Waals surface area contributed by atoms with E-state index in [1.165, 1.54) is 12.5 Å². The quantitative estimate of drug-likeness (QED) is 0.765. The van der Waals surface area contributed by atoms with Crippen LogP contribution in [-0.4, -0.2) is 72.6 Å². The van der Waals surface area contributed by atoms with E-state index in [0.717, 1.165) is 13.1 Å². The Bertz CT molecular complexity index is 953. The summed E-state index contributed by atoms with van der Waals surface area (Å²) in [6, 6.07) is 9.24. The molecule has 8 heteroatoms. The molecule has 2 heterocycles. The first-order valence-electron chi connectivity index (χ1n) is 11.2. The Morgan fingerprint density at radius 3 is 2.61 bits per heavy atom. The highest BCUT2D eigenvalue weighted by Crippen LogP contribution is 2.27. The Morgan fingerprint density at radius 2 is 1.94 bits per heavy atom. The number of aromatic nitrogens is 1. The molecule has 1 N–H and O–H groups in total. The first-order valence-corrected chi connectivity index (χ1v) is 11.2. The molecule has 0 fully saturated rings. The van der Waals surface area contributed by atoms with Crippen LogP contribution in [0.4, 0.5) is 5.69 Å². The predicted molar refractivity (Wildman–Crippen MR) is 127 cm³/mol. The number of pyridine rings is 1. The summed E-state index contributed by atoms with van der Waals surface area (Å²) in [5, 5.41) is 2.76. The van der Waals surface area contributed by atoms with Gasteiger partial charge in [-0.1, -0.05) is 6.92 Å². The number of carbonyl (C=O) groups is 2. The van der Waals surface area contributed by atoms with Crippen LogP contribution in [0.2, 0.25) is 0 Å². The zero-order chi connectivity index (χ0) is 24.0. The molecule has 33 heavy (non-hydrogen) atoms. The van der Waals surface area contributed by atoms with E-state index >= 15 is 0 Å². The van der Waals surface area contributed by atoms with Crippen LogP contribution in [-0.2, 0) is 16.1 Å². The van der Waals surface area contributed by atoms with Gasteiger partial charge in [0.05, 0.1) is 11.7 Å². The molecule has 0 aliphatic carbocycles. The van der Waals surface area contributed by atoms with Crippen LogP contribution in [0.5, 0.6) is 5.75 Å². The summed E-state index contributed by atoms with van der Waals surface area (Å²) in [5.74, 6) is 0.322.